The zero-order chi connectivity index (χ0) is 10.3. The quantitative estimate of drug-likeness (QED) is 0.630. The van der Waals surface area contributed by atoms with E-state index in [0.717, 1.165) is 18.8 Å². The molecule has 1 atom stereocenters. The maximum atomic E-state index is 5.77. The summed E-state index contributed by atoms with van der Waals surface area (Å²) in [6.07, 6.45) is 9.06. The van der Waals surface area contributed by atoms with Gasteiger partial charge in [-0.2, -0.15) is 0 Å². The van der Waals surface area contributed by atoms with Crippen LogP contribution in [-0.2, 0) is 6.42 Å². The van der Waals surface area contributed by atoms with E-state index in [1.54, 1.807) is 0 Å². The Labute approximate surface area is 90.5 Å². The van der Waals surface area contributed by atoms with Gasteiger partial charge >= 0.3 is 0 Å². The first-order valence-electron chi connectivity index (χ1n) is 5.52. The topological polar surface area (TPSA) is 9.23 Å². The molecule has 15 heavy (non-hydrogen) atoms. The van der Waals surface area contributed by atoms with Gasteiger partial charge in [0.25, 0.3) is 0 Å². The lowest BCUT2D eigenvalue weighted by Gasteiger charge is -2.29. The molecule has 0 N–H and O–H groups in total. The fourth-order valence-corrected chi connectivity index (χ4v) is 2.49. The normalized spacial score (nSPS) is 25.9. The van der Waals surface area contributed by atoms with Crippen LogP contribution in [-0.4, -0.2) is 6.61 Å². The van der Waals surface area contributed by atoms with Crippen LogP contribution in [0, 0.1) is 23.7 Å². The molecule has 1 nitrogen and oxygen atoms in total. The van der Waals surface area contributed by atoms with Crippen LogP contribution in [0.5, 0.6) is 5.75 Å². The minimum Gasteiger partial charge on any atom is -0.493 e. The average Bonchev–Trinajstić information content (AvgIpc) is 3.09. The second-order valence-corrected chi connectivity index (χ2v) is 4.62. The van der Waals surface area contributed by atoms with Crippen LogP contribution in [0.4, 0.5) is 0 Å². The molecule has 2 aliphatic rings. The van der Waals surface area contributed by atoms with Crippen LogP contribution in [0.15, 0.2) is 24.3 Å². The molecule has 1 aromatic rings. The number of terminal acetylenes is 1. The van der Waals surface area contributed by atoms with Gasteiger partial charge < -0.3 is 4.74 Å². The third-order valence-corrected chi connectivity index (χ3v) is 3.74. The number of rotatable bonds is 1. The predicted octanol–water partition coefficient (Wildman–Crippen LogP) is 2.65. The van der Waals surface area contributed by atoms with Gasteiger partial charge in [-0.15, -0.1) is 6.42 Å². The number of benzene rings is 1. The van der Waals surface area contributed by atoms with Crippen molar-refractivity contribution >= 4 is 0 Å². The summed E-state index contributed by atoms with van der Waals surface area (Å²) >= 11 is 0. The highest BCUT2D eigenvalue weighted by molar-refractivity contribution is 5.36. The van der Waals surface area contributed by atoms with Crippen LogP contribution in [0.2, 0.25) is 0 Å². The monoisotopic (exact) mass is 198 g/mol. The third-order valence-electron chi connectivity index (χ3n) is 3.74. The van der Waals surface area contributed by atoms with Crippen molar-refractivity contribution in [2.24, 2.45) is 11.3 Å². The van der Waals surface area contributed by atoms with Crippen LogP contribution in [0.3, 0.4) is 0 Å². The summed E-state index contributed by atoms with van der Waals surface area (Å²) in [6.45, 7) is 0.793. The second-order valence-electron chi connectivity index (χ2n) is 4.62. The molecule has 0 spiro atoms. The van der Waals surface area contributed by atoms with Crippen LogP contribution < -0.4 is 4.74 Å². The van der Waals surface area contributed by atoms with Crippen LogP contribution in [0.1, 0.15) is 18.4 Å². The van der Waals surface area contributed by atoms with Crippen LogP contribution >= 0.6 is 0 Å². The van der Waals surface area contributed by atoms with Gasteiger partial charge in [0.1, 0.15) is 5.75 Å². The lowest BCUT2D eigenvalue weighted by Crippen LogP contribution is -2.28. The Kier molecular flexibility index (Phi) is 1.79. The van der Waals surface area contributed by atoms with Gasteiger partial charge in [-0.1, -0.05) is 24.1 Å². The highest BCUT2D eigenvalue weighted by Crippen LogP contribution is 2.53. The highest BCUT2D eigenvalue weighted by atomic mass is 16.5. The summed E-state index contributed by atoms with van der Waals surface area (Å²) in [5.74, 6) is 4.54. The Morgan fingerprint density at radius 2 is 2.13 bits per heavy atom. The van der Waals surface area contributed by atoms with Crippen molar-refractivity contribution < 1.29 is 4.74 Å². The van der Waals surface area contributed by atoms with E-state index in [0.29, 0.717) is 5.92 Å². The molecule has 0 saturated heterocycles. The summed E-state index contributed by atoms with van der Waals surface area (Å²) < 4.78 is 5.77. The standard InChI is InChI=1S/C14H14O/c1-2-14(7-8-14)12-9-11-5-3-4-6-13(11)15-10-12/h1,3-6,12H,7-10H2. The minimum atomic E-state index is 0.160. The first-order chi connectivity index (χ1) is 7.34. The fourth-order valence-electron chi connectivity index (χ4n) is 2.49. The number of fused-ring (bicyclic) bond motifs is 1. The smallest absolute Gasteiger partial charge is 0.122 e. The number of hydrogen-bond donors (Lipinski definition) is 0. The van der Waals surface area contributed by atoms with Crippen molar-refractivity contribution in [3.8, 4) is 18.1 Å². The Bertz CT molecular complexity index is 423. The number of ether oxygens (including phenoxy) is 1. The Morgan fingerprint density at radius 3 is 2.87 bits per heavy atom. The number of hydrogen-bond acceptors (Lipinski definition) is 1. The van der Waals surface area contributed by atoms with Crippen molar-refractivity contribution in [2.45, 2.75) is 19.3 Å². The molecule has 1 heteroatoms. The third kappa shape index (κ3) is 1.33. The molecule has 1 aliphatic carbocycles. The molecule has 3 rings (SSSR count). The van der Waals surface area contributed by atoms with E-state index in [-0.39, 0.29) is 5.41 Å². The molecule has 1 aliphatic heterocycles. The van der Waals surface area contributed by atoms with Crippen LogP contribution in [0.25, 0.3) is 0 Å². The summed E-state index contributed by atoms with van der Waals surface area (Å²) in [6, 6.07) is 8.28. The molecule has 0 aromatic heterocycles. The lowest BCUT2D eigenvalue weighted by molar-refractivity contribution is 0.183. The van der Waals surface area contributed by atoms with E-state index in [1.807, 2.05) is 12.1 Å². The van der Waals surface area contributed by atoms with Gasteiger partial charge in [-0.05, 0) is 30.9 Å². The maximum absolute atomic E-state index is 5.77. The van der Waals surface area contributed by atoms with E-state index in [2.05, 4.69) is 18.1 Å². The number of para-hydroxylation sites is 1. The van der Waals surface area contributed by atoms with E-state index in [4.69, 9.17) is 11.2 Å². The fraction of sp³-hybridized carbons (Fsp3) is 0.429. The first-order valence-corrected chi connectivity index (χ1v) is 5.52. The zero-order valence-electron chi connectivity index (χ0n) is 8.70. The highest BCUT2D eigenvalue weighted by Gasteiger charge is 2.49. The maximum Gasteiger partial charge on any atom is 0.122 e. The second kappa shape index (κ2) is 3.03. The molecule has 1 aromatic carbocycles. The van der Waals surface area contributed by atoms with Gasteiger partial charge in [0.2, 0.25) is 0 Å². The molecule has 0 amide bonds. The van der Waals surface area contributed by atoms with Crippen molar-refractivity contribution in [3.05, 3.63) is 29.8 Å². The molecule has 76 valence electrons. The van der Waals surface area contributed by atoms with Gasteiger partial charge in [0, 0.05) is 11.3 Å². The molecule has 1 fully saturated rings. The predicted molar refractivity (Wildman–Crippen MR) is 59.6 cm³/mol. The van der Waals surface area contributed by atoms with Gasteiger partial charge in [0.15, 0.2) is 0 Å². The Balaban J connectivity index is 1.87. The van der Waals surface area contributed by atoms with E-state index < -0.39 is 0 Å². The summed E-state index contributed by atoms with van der Waals surface area (Å²) in [7, 11) is 0. The average molecular weight is 198 g/mol. The van der Waals surface area contributed by atoms with Gasteiger partial charge in [-0.25, -0.2) is 0 Å². The largest absolute Gasteiger partial charge is 0.493 e. The van der Waals surface area contributed by atoms with Crippen molar-refractivity contribution in [1.29, 1.82) is 0 Å². The van der Waals surface area contributed by atoms with Crippen molar-refractivity contribution in [1.82, 2.24) is 0 Å². The van der Waals surface area contributed by atoms with Crippen molar-refractivity contribution in [3.63, 3.8) is 0 Å². The summed E-state index contributed by atoms with van der Waals surface area (Å²) in [5.41, 5.74) is 1.48. The molecular weight excluding hydrogens is 184 g/mol. The SMILES string of the molecule is C#CC1(C2COc3ccccc3C2)CC1. The van der Waals surface area contributed by atoms with Gasteiger partial charge in [0.05, 0.1) is 6.61 Å². The molecular formula is C14H14O. The Hall–Kier alpha value is -1.42. The summed E-state index contributed by atoms with van der Waals surface area (Å²) in [5, 5.41) is 0. The molecule has 0 radical (unpaired) electrons. The van der Waals surface area contributed by atoms with Crippen molar-refractivity contribution in [2.75, 3.05) is 6.61 Å². The van der Waals surface area contributed by atoms with E-state index in [9.17, 15) is 0 Å². The van der Waals surface area contributed by atoms with E-state index >= 15 is 0 Å². The first kappa shape index (κ1) is 8.85. The molecule has 1 heterocycles. The molecule has 1 saturated carbocycles. The minimum absolute atomic E-state index is 0.160. The zero-order valence-corrected chi connectivity index (χ0v) is 8.70. The van der Waals surface area contributed by atoms with E-state index in [1.165, 1.54) is 18.4 Å². The van der Waals surface area contributed by atoms with Gasteiger partial charge in [-0.3, -0.25) is 0 Å². The summed E-state index contributed by atoms with van der Waals surface area (Å²) in [4.78, 5) is 0. The lowest BCUT2D eigenvalue weighted by atomic mass is 9.83. The Morgan fingerprint density at radius 1 is 1.33 bits per heavy atom. The molecule has 0 bridgehead atoms. The molecule has 1 unspecified atom stereocenters.